The molecule has 0 aliphatic carbocycles. The number of fused-ring (bicyclic) bond motifs is 3. The van der Waals surface area contributed by atoms with Gasteiger partial charge in [-0.15, -0.1) is 5.10 Å². The smallest absolute Gasteiger partial charge is 0.146 e. The fraction of sp³-hybridized carbons (Fsp3) is 0.379. The van der Waals surface area contributed by atoms with Crippen LogP contribution in [0.4, 0.5) is 4.39 Å². The fourth-order valence-corrected chi connectivity index (χ4v) is 5.60. The van der Waals surface area contributed by atoms with Crippen molar-refractivity contribution in [2.75, 3.05) is 13.2 Å². The van der Waals surface area contributed by atoms with Gasteiger partial charge in [-0.1, -0.05) is 17.3 Å². The highest BCUT2D eigenvalue weighted by atomic mass is 19.1. The van der Waals surface area contributed by atoms with E-state index in [1.165, 1.54) is 10.7 Å². The summed E-state index contributed by atoms with van der Waals surface area (Å²) in [4.78, 5) is 9.33. The topological polar surface area (TPSA) is 90.9 Å². The first-order valence-electron chi connectivity index (χ1n) is 14.2. The van der Waals surface area contributed by atoms with E-state index in [-0.39, 0.29) is 11.6 Å². The molecule has 0 unspecified atom stereocenters. The second-order valence-corrected chi connectivity index (χ2v) is 10.4. The lowest BCUT2D eigenvalue weighted by atomic mass is 9.88. The highest BCUT2D eigenvalue weighted by Gasteiger charge is 2.33. The Morgan fingerprint density at radius 2 is 1.97 bits per heavy atom. The van der Waals surface area contributed by atoms with Crippen LogP contribution < -0.4 is 0 Å². The summed E-state index contributed by atoms with van der Waals surface area (Å²) in [7, 11) is 1.64. The SMILES string of the molecule is [2H]C([2H])([2H])c1nnn(C)c1-c1cnc2c3ccc(C(C)(C)O)cc3n([C@H](c3ncccc3F)C3CCOCC3)c2c1. The number of hydrogen-bond acceptors (Lipinski definition) is 6. The largest absolute Gasteiger partial charge is 0.386 e. The predicted molar refractivity (Wildman–Crippen MR) is 143 cm³/mol. The van der Waals surface area contributed by atoms with Crippen LogP contribution in [-0.2, 0) is 17.4 Å². The van der Waals surface area contributed by atoms with Crippen LogP contribution in [0.1, 0.15) is 53.8 Å². The van der Waals surface area contributed by atoms with Gasteiger partial charge in [0.15, 0.2) is 0 Å². The van der Waals surface area contributed by atoms with Crippen LogP contribution in [0.2, 0.25) is 0 Å². The first-order chi connectivity index (χ1) is 19.4. The van der Waals surface area contributed by atoms with Crippen molar-refractivity contribution >= 4 is 21.9 Å². The Balaban J connectivity index is 1.71. The van der Waals surface area contributed by atoms with Crippen molar-refractivity contribution in [1.82, 2.24) is 29.5 Å². The molecule has 5 aromatic rings. The number of halogens is 1. The summed E-state index contributed by atoms with van der Waals surface area (Å²) in [5.74, 6) is -0.417. The highest BCUT2D eigenvalue weighted by Crippen LogP contribution is 2.42. The Hall–Kier alpha value is -3.69. The number of rotatable bonds is 5. The van der Waals surface area contributed by atoms with Gasteiger partial charge < -0.3 is 14.4 Å². The van der Waals surface area contributed by atoms with Crippen molar-refractivity contribution in [3.8, 4) is 11.3 Å². The molecule has 1 fully saturated rings. The molecule has 8 nitrogen and oxygen atoms in total. The summed E-state index contributed by atoms with van der Waals surface area (Å²) in [6.45, 7) is 2.06. The zero-order valence-electron chi connectivity index (χ0n) is 24.5. The summed E-state index contributed by atoms with van der Waals surface area (Å²) in [5.41, 5.74) is 2.75. The van der Waals surface area contributed by atoms with Gasteiger partial charge in [0, 0.05) is 47.7 Å². The number of ether oxygens (including phenoxy) is 1. The van der Waals surface area contributed by atoms with E-state index in [0.29, 0.717) is 59.6 Å². The molecule has 9 heteroatoms. The number of pyridine rings is 2. The van der Waals surface area contributed by atoms with E-state index in [0.717, 1.165) is 10.9 Å². The molecule has 1 aliphatic heterocycles. The van der Waals surface area contributed by atoms with Crippen LogP contribution in [-0.4, -0.2) is 47.8 Å². The average molecular weight is 518 g/mol. The predicted octanol–water partition coefficient (Wildman–Crippen LogP) is 5.07. The second kappa shape index (κ2) is 9.25. The Morgan fingerprint density at radius 3 is 2.71 bits per heavy atom. The molecule has 196 valence electrons. The zero-order valence-corrected chi connectivity index (χ0v) is 21.5. The van der Waals surface area contributed by atoms with Crippen LogP contribution in [0.5, 0.6) is 0 Å². The molecule has 5 heterocycles. The standard InChI is InChI=1S/C29H31FN6O2/c1-17-27(35(4)34-33-17)19-14-24-25(32-16-19)21-8-7-20(29(2,3)37)15-23(21)36(24)28(18-9-12-38-13-10-18)26-22(30)6-5-11-31-26/h5-8,11,14-16,18,28,37H,9-10,12-13H2,1-4H3/t28-/m0/s1/i1D3. The molecule has 38 heavy (non-hydrogen) atoms. The van der Waals surface area contributed by atoms with Gasteiger partial charge in [-0.25, -0.2) is 9.07 Å². The van der Waals surface area contributed by atoms with Gasteiger partial charge in [0.1, 0.15) is 5.82 Å². The lowest BCUT2D eigenvalue weighted by molar-refractivity contribution is 0.0542. The maximum absolute atomic E-state index is 15.5. The first-order valence-corrected chi connectivity index (χ1v) is 12.7. The van der Waals surface area contributed by atoms with Gasteiger partial charge in [-0.2, -0.15) is 0 Å². The van der Waals surface area contributed by atoms with Crippen LogP contribution in [0.3, 0.4) is 0 Å². The van der Waals surface area contributed by atoms with E-state index in [1.807, 2.05) is 24.3 Å². The Kier molecular flexibility index (Phi) is 5.18. The molecule has 1 saturated heterocycles. The minimum absolute atomic E-state index is 0.00213. The Labute approximate surface area is 224 Å². The number of nitrogens with zero attached hydrogens (tertiary/aromatic N) is 6. The monoisotopic (exact) mass is 517 g/mol. The summed E-state index contributed by atoms with van der Waals surface area (Å²) in [6.07, 6.45) is 4.62. The molecule has 1 N–H and O–H groups in total. The summed E-state index contributed by atoms with van der Waals surface area (Å²) in [5, 5.41) is 19.6. The highest BCUT2D eigenvalue weighted by molar-refractivity contribution is 6.07. The third kappa shape index (κ3) is 4.06. The van der Waals surface area contributed by atoms with Crippen molar-refractivity contribution in [2.24, 2.45) is 13.0 Å². The molecular weight excluding hydrogens is 483 g/mol. The average Bonchev–Trinajstić information content (AvgIpc) is 3.48. The molecule has 6 rings (SSSR count). The van der Waals surface area contributed by atoms with Gasteiger partial charge in [0.05, 0.1) is 45.3 Å². The lowest BCUT2D eigenvalue weighted by Crippen LogP contribution is -2.28. The second-order valence-electron chi connectivity index (χ2n) is 10.4. The number of aromatic nitrogens is 6. The molecule has 0 radical (unpaired) electrons. The quantitative estimate of drug-likeness (QED) is 0.350. The molecule has 0 spiro atoms. The maximum atomic E-state index is 15.5. The van der Waals surface area contributed by atoms with Crippen molar-refractivity contribution in [3.63, 3.8) is 0 Å². The van der Waals surface area contributed by atoms with E-state index in [2.05, 4.69) is 19.9 Å². The van der Waals surface area contributed by atoms with Gasteiger partial charge >= 0.3 is 0 Å². The first kappa shape index (κ1) is 21.3. The summed E-state index contributed by atoms with van der Waals surface area (Å²) < 4.78 is 48.7. The lowest BCUT2D eigenvalue weighted by Gasteiger charge is -2.32. The fourth-order valence-electron chi connectivity index (χ4n) is 5.60. The minimum atomic E-state index is -2.48. The van der Waals surface area contributed by atoms with Crippen LogP contribution in [0, 0.1) is 18.6 Å². The van der Waals surface area contributed by atoms with E-state index in [9.17, 15) is 5.11 Å². The van der Waals surface area contributed by atoms with Crippen LogP contribution in [0.25, 0.3) is 33.2 Å². The van der Waals surface area contributed by atoms with Crippen molar-refractivity contribution < 1.29 is 18.3 Å². The summed E-state index contributed by atoms with van der Waals surface area (Å²) in [6, 6.07) is 10.0. The number of aliphatic hydroxyl groups is 1. The molecule has 0 bridgehead atoms. The van der Waals surface area contributed by atoms with Gasteiger partial charge in [-0.05, 0) is 69.3 Å². The van der Waals surface area contributed by atoms with E-state index in [1.54, 1.807) is 39.4 Å². The molecule has 1 aromatic carbocycles. The Bertz CT molecular complexity index is 1750. The molecule has 1 aliphatic rings. The number of hydrogen-bond donors (Lipinski definition) is 1. The van der Waals surface area contributed by atoms with Gasteiger partial charge in [-0.3, -0.25) is 9.97 Å². The minimum Gasteiger partial charge on any atom is -0.386 e. The third-order valence-electron chi connectivity index (χ3n) is 7.50. The third-order valence-corrected chi connectivity index (χ3v) is 7.50. The van der Waals surface area contributed by atoms with Crippen molar-refractivity contribution in [3.05, 3.63) is 71.6 Å². The van der Waals surface area contributed by atoms with Gasteiger partial charge in [0.2, 0.25) is 0 Å². The Morgan fingerprint density at radius 1 is 1.16 bits per heavy atom. The van der Waals surface area contributed by atoms with Crippen LogP contribution >= 0.6 is 0 Å². The molecule has 4 aromatic heterocycles. The van der Waals surface area contributed by atoms with Crippen molar-refractivity contribution in [2.45, 2.75) is 45.2 Å². The molecule has 0 amide bonds. The van der Waals surface area contributed by atoms with E-state index < -0.39 is 24.3 Å². The van der Waals surface area contributed by atoms with E-state index in [4.69, 9.17) is 13.8 Å². The molecular formula is C29H31FN6O2. The number of aryl methyl sites for hydroxylation is 2. The van der Waals surface area contributed by atoms with E-state index >= 15 is 4.39 Å². The zero-order chi connectivity index (χ0) is 29.1. The normalized spacial score (nSPS) is 17.4. The van der Waals surface area contributed by atoms with Crippen molar-refractivity contribution in [1.29, 1.82) is 0 Å². The molecule has 1 atom stereocenters. The van der Waals surface area contributed by atoms with Crippen LogP contribution in [0.15, 0.2) is 48.8 Å². The maximum Gasteiger partial charge on any atom is 0.146 e. The van der Waals surface area contributed by atoms with Gasteiger partial charge in [0.25, 0.3) is 0 Å². The molecule has 0 saturated carbocycles. The summed E-state index contributed by atoms with van der Waals surface area (Å²) >= 11 is 0. The number of benzene rings is 1.